The molecular weight excluding hydrogens is 336 g/mol. The first-order chi connectivity index (χ1) is 12.8. The summed E-state index contributed by atoms with van der Waals surface area (Å²) >= 11 is 0. The Morgan fingerprint density at radius 1 is 1.19 bits per heavy atom. The number of carbonyl (C=O) groups is 1. The molecule has 3 saturated carbocycles. The molecule has 0 heterocycles. The van der Waals surface area contributed by atoms with Crippen LogP contribution in [-0.2, 0) is 4.79 Å². The van der Waals surface area contributed by atoms with E-state index in [0.29, 0.717) is 35.5 Å². The first-order valence-corrected chi connectivity index (χ1v) is 11.3. The van der Waals surface area contributed by atoms with Crippen LogP contribution in [0.3, 0.4) is 0 Å². The van der Waals surface area contributed by atoms with Crippen LogP contribution in [0.4, 0.5) is 0 Å². The Morgan fingerprint density at radius 2 is 1.96 bits per heavy atom. The number of allylic oxidation sites excluding steroid dienone is 2. The topological polar surface area (TPSA) is 57.5 Å². The first-order valence-electron chi connectivity index (χ1n) is 11.3. The van der Waals surface area contributed by atoms with Gasteiger partial charge in [0.25, 0.3) is 0 Å². The van der Waals surface area contributed by atoms with Gasteiger partial charge in [0.1, 0.15) is 0 Å². The number of fused-ring (bicyclic) bond motifs is 5. The van der Waals surface area contributed by atoms with Crippen molar-refractivity contribution in [3.8, 4) is 0 Å². The van der Waals surface area contributed by atoms with E-state index in [1.807, 2.05) is 0 Å². The number of hydrogen-bond acceptors (Lipinski definition) is 2. The highest BCUT2D eigenvalue weighted by molar-refractivity contribution is 5.66. The highest BCUT2D eigenvalue weighted by atomic mass is 16.4. The Hall–Kier alpha value is -0.830. The number of aliphatic carboxylic acids is 1. The molecule has 9 atom stereocenters. The molecule has 4 aliphatic carbocycles. The van der Waals surface area contributed by atoms with Crippen molar-refractivity contribution in [2.75, 3.05) is 0 Å². The molecular formula is C24H38O3. The summed E-state index contributed by atoms with van der Waals surface area (Å²) in [6.45, 7) is 7.26. The second-order valence-corrected chi connectivity index (χ2v) is 10.8. The fourth-order valence-corrected chi connectivity index (χ4v) is 8.10. The molecule has 3 fully saturated rings. The zero-order valence-electron chi connectivity index (χ0n) is 17.4. The van der Waals surface area contributed by atoms with Crippen molar-refractivity contribution in [2.45, 2.75) is 84.7 Å². The average molecular weight is 375 g/mol. The summed E-state index contributed by atoms with van der Waals surface area (Å²) in [7, 11) is 0. The minimum atomic E-state index is -0.661. The second-order valence-electron chi connectivity index (χ2n) is 10.8. The van der Waals surface area contributed by atoms with Crippen LogP contribution in [0.5, 0.6) is 0 Å². The molecule has 0 aromatic rings. The first kappa shape index (κ1) is 19.5. The lowest BCUT2D eigenvalue weighted by atomic mass is 9.46. The zero-order chi connectivity index (χ0) is 19.4. The largest absolute Gasteiger partial charge is 0.481 e. The van der Waals surface area contributed by atoms with Crippen molar-refractivity contribution >= 4 is 5.97 Å². The molecule has 0 aromatic heterocycles. The molecule has 3 heteroatoms. The van der Waals surface area contributed by atoms with Gasteiger partial charge in [0.2, 0.25) is 0 Å². The number of carboxylic acid groups (broad SMARTS) is 1. The number of rotatable bonds is 4. The van der Waals surface area contributed by atoms with Gasteiger partial charge < -0.3 is 10.2 Å². The maximum Gasteiger partial charge on any atom is 0.303 e. The Balaban J connectivity index is 1.56. The van der Waals surface area contributed by atoms with E-state index in [4.69, 9.17) is 5.11 Å². The third-order valence-electron chi connectivity index (χ3n) is 9.64. The lowest BCUT2D eigenvalue weighted by molar-refractivity contribution is -0.137. The minimum Gasteiger partial charge on any atom is -0.481 e. The molecule has 0 aliphatic heterocycles. The van der Waals surface area contributed by atoms with Crippen molar-refractivity contribution < 1.29 is 15.0 Å². The van der Waals surface area contributed by atoms with Gasteiger partial charge in [-0.3, -0.25) is 4.79 Å². The molecule has 0 spiro atoms. The number of aliphatic hydroxyl groups excluding tert-OH is 1. The van der Waals surface area contributed by atoms with Gasteiger partial charge in [-0.15, -0.1) is 0 Å². The van der Waals surface area contributed by atoms with Gasteiger partial charge in [-0.1, -0.05) is 32.9 Å². The van der Waals surface area contributed by atoms with Crippen LogP contribution in [0.2, 0.25) is 0 Å². The molecule has 7 unspecified atom stereocenters. The summed E-state index contributed by atoms with van der Waals surface area (Å²) < 4.78 is 0. The lowest BCUT2D eigenvalue weighted by Crippen LogP contribution is -2.52. The predicted molar refractivity (Wildman–Crippen MR) is 107 cm³/mol. The third-order valence-corrected chi connectivity index (χ3v) is 9.64. The van der Waals surface area contributed by atoms with Crippen LogP contribution in [0.1, 0.15) is 78.6 Å². The molecule has 4 rings (SSSR count). The van der Waals surface area contributed by atoms with E-state index in [2.05, 4.69) is 32.9 Å². The van der Waals surface area contributed by atoms with E-state index in [0.717, 1.165) is 31.1 Å². The van der Waals surface area contributed by atoms with E-state index in [9.17, 15) is 9.90 Å². The normalized spacial score (nSPS) is 49.8. The molecule has 0 aromatic carbocycles. The van der Waals surface area contributed by atoms with Gasteiger partial charge in [0.15, 0.2) is 0 Å². The third kappa shape index (κ3) is 3.09. The Morgan fingerprint density at radius 3 is 2.70 bits per heavy atom. The summed E-state index contributed by atoms with van der Waals surface area (Å²) in [5.41, 5.74) is 0.615. The van der Waals surface area contributed by atoms with Crippen molar-refractivity contribution in [2.24, 2.45) is 46.3 Å². The zero-order valence-corrected chi connectivity index (χ0v) is 17.4. The summed E-state index contributed by atoms with van der Waals surface area (Å²) in [4.78, 5) is 11.0. The molecule has 0 saturated heterocycles. The van der Waals surface area contributed by atoms with Crippen LogP contribution in [0.15, 0.2) is 12.2 Å². The minimum absolute atomic E-state index is 0.0802. The molecule has 2 N–H and O–H groups in total. The van der Waals surface area contributed by atoms with Gasteiger partial charge >= 0.3 is 5.97 Å². The summed E-state index contributed by atoms with van der Waals surface area (Å²) in [6.07, 6.45) is 14.5. The highest BCUT2D eigenvalue weighted by Gasteiger charge is 2.58. The van der Waals surface area contributed by atoms with Crippen LogP contribution in [0, 0.1) is 46.3 Å². The number of aliphatic hydroxyl groups is 1. The Bertz CT molecular complexity index is 613. The van der Waals surface area contributed by atoms with Gasteiger partial charge in [-0.25, -0.2) is 0 Å². The van der Waals surface area contributed by atoms with Gasteiger partial charge in [-0.05, 0) is 97.7 Å². The van der Waals surface area contributed by atoms with E-state index in [1.54, 1.807) is 0 Å². The van der Waals surface area contributed by atoms with Gasteiger partial charge in [0, 0.05) is 6.42 Å². The van der Waals surface area contributed by atoms with Gasteiger partial charge in [-0.2, -0.15) is 0 Å². The Kier molecular flexibility index (Phi) is 4.98. The monoisotopic (exact) mass is 374 g/mol. The molecule has 152 valence electrons. The molecule has 27 heavy (non-hydrogen) atoms. The van der Waals surface area contributed by atoms with E-state index in [-0.39, 0.29) is 11.5 Å². The van der Waals surface area contributed by atoms with Crippen molar-refractivity contribution in [3.05, 3.63) is 12.2 Å². The maximum absolute atomic E-state index is 11.0. The number of carboxylic acids is 1. The highest BCUT2D eigenvalue weighted by Crippen LogP contribution is 2.66. The summed E-state index contributed by atoms with van der Waals surface area (Å²) in [5, 5.41) is 19.3. The number of hydrogen-bond donors (Lipinski definition) is 2. The second kappa shape index (κ2) is 6.90. The fourth-order valence-electron chi connectivity index (χ4n) is 8.10. The SMILES string of the molecule is CC(CCC(=O)O)C1CCC2C3CCC4CC(O)CC[C@]4(C)C3C=C[C@]12C. The van der Waals surface area contributed by atoms with Crippen molar-refractivity contribution in [1.29, 1.82) is 0 Å². The summed E-state index contributed by atoms with van der Waals surface area (Å²) in [5.74, 6) is 3.35. The van der Waals surface area contributed by atoms with Crippen LogP contribution in [-0.4, -0.2) is 22.3 Å². The van der Waals surface area contributed by atoms with E-state index in [1.165, 1.54) is 32.1 Å². The van der Waals surface area contributed by atoms with E-state index < -0.39 is 5.97 Å². The standard InChI is InChI=1S/C24H38O3/c1-15(4-9-22(26)27)19-7-8-20-18-6-5-16-14-17(25)10-12-23(16,2)21(18)11-13-24(19,20)3/h11,13,15-21,25H,4-10,12,14H2,1-3H3,(H,26,27)/t15?,16?,17?,18?,19?,20?,21?,23-,24+/m0/s1. The van der Waals surface area contributed by atoms with Crippen molar-refractivity contribution in [1.82, 2.24) is 0 Å². The average Bonchev–Trinajstić information content (AvgIpc) is 2.97. The van der Waals surface area contributed by atoms with Crippen molar-refractivity contribution in [3.63, 3.8) is 0 Å². The quantitative estimate of drug-likeness (QED) is 0.658. The molecule has 0 radical (unpaired) electrons. The fraction of sp³-hybridized carbons (Fsp3) is 0.875. The molecule has 4 aliphatic rings. The maximum atomic E-state index is 11.0. The predicted octanol–water partition coefficient (Wildman–Crippen LogP) is 5.28. The van der Waals surface area contributed by atoms with E-state index >= 15 is 0 Å². The smallest absolute Gasteiger partial charge is 0.303 e. The Labute approximate surface area is 164 Å². The van der Waals surface area contributed by atoms with Crippen LogP contribution in [0.25, 0.3) is 0 Å². The lowest BCUT2D eigenvalue weighted by Gasteiger charge is -2.58. The summed E-state index contributed by atoms with van der Waals surface area (Å²) in [6, 6.07) is 0. The van der Waals surface area contributed by atoms with Crippen LogP contribution >= 0.6 is 0 Å². The molecule has 3 nitrogen and oxygen atoms in total. The molecule has 0 amide bonds. The van der Waals surface area contributed by atoms with Gasteiger partial charge in [0.05, 0.1) is 6.10 Å². The molecule has 0 bridgehead atoms. The van der Waals surface area contributed by atoms with Crippen LogP contribution < -0.4 is 0 Å².